The molecule has 2 atom stereocenters. The highest BCUT2D eigenvalue weighted by molar-refractivity contribution is 5.96. The minimum atomic E-state index is -0.871. The van der Waals surface area contributed by atoms with Crippen LogP contribution in [-0.2, 0) is 14.4 Å². The van der Waals surface area contributed by atoms with Gasteiger partial charge in [0.2, 0.25) is 17.7 Å². The van der Waals surface area contributed by atoms with Crippen LogP contribution in [0.1, 0.15) is 55.8 Å². The molecule has 186 valence electrons. The number of amides is 4. The summed E-state index contributed by atoms with van der Waals surface area (Å²) in [6.45, 7) is 2.05. The molecule has 0 bridgehead atoms. The van der Waals surface area contributed by atoms with Crippen LogP contribution >= 0.6 is 0 Å². The zero-order chi connectivity index (χ0) is 24.8. The fourth-order valence-electron chi connectivity index (χ4n) is 4.92. The minimum Gasteiger partial charge on any atom is -0.378 e. The summed E-state index contributed by atoms with van der Waals surface area (Å²) in [6, 6.07) is 5.60. The molecule has 1 saturated heterocycles. The molecule has 1 heterocycles. The third-order valence-electron chi connectivity index (χ3n) is 6.96. The number of hydrogen-bond donors (Lipinski definition) is 2. The molecule has 3 rings (SSSR count). The van der Waals surface area contributed by atoms with E-state index in [-0.39, 0.29) is 24.9 Å². The molecule has 1 aliphatic carbocycles. The smallest absolute Gasteiger partial charge is 0.254 e. The highest BCUT2D eigenvalue weighted by Crippen LogP contribution is 2.27. The molecular weight excluding hydrogens is 434 g/mol. The van der Waals surface area contributed by atoms with E-state index in [0.29, 0.717) is 24.4 Å². The second-order valence-electron chi connectivity index (χ2n) is 9.62. The summed E-state index contributed by atoms with van der Waals surface area (Å²) < 4.78 is 0. The molecule has 0 radical (unpaired) electrons. The number of carbonyl (C=O) groups is 4. The van der Waals surface area contributed by atoms with E-state index in [4.69, 9.17) is 5.73 Å². The van der Waals surface area contributed by atoms with E-state index in [2.05, 4.69) is 5.32 Å². The van der Waals surface area contributed by atoms with Gasteiger partial charge in [0, 0.05) is 45.4 Å². The van der Waals surface area contributed by atoms with Crippen molar-refractivity contribution in [3.63, 3.8) is 0 Å². The summed E-state index contributed by atoms with van der Waals surface area (Å²) in [6.07, 6.45) is 6.00. The molecule has 1 aliphatic heterocycles. The molecule has 1 aromatic carbocycles. The maximum Gasteiger partial charge on any atom is 0.254 e. The van der Waals surface area contributed by atoms with Crippen molar-refractivity contribution in [3.05, 3.63) is 29.8 Å². The number of nitrogens with two attached hydrogens (primary N) is 1. The first-order valence-electron chi connectivity index (χ1n) is 12.1. The van der Waals surface area contributed by atoms with Crippen LogP contribution in [0.2, 0.25) is 0 Å². The van der Waals surface area contributed by atoms with Crippen molar-refractivity contribution < 1.29 is 19.2 Å². The summed E-state index contributed by atoms with van der Waals surface area (Å²) in [5, 5.41) is 2.79. The quantitative estimate of drug-likeness (QED) is 0.623. The first-order chi connectivity index (χ1) is 16.2. The molecule has 1 saturated carbocycles. The molecule has 1 aromatic rings. The van der Waals surface area contributed by atoms with Gasteiger partial charge in [-0.15, -0.1) is 0 Å². The van der Waals surface area contributed by atoms with Gasteiger partial charge in [0.25, 0.3) is 5.91 Å². The Kier molecular flexibility index (Phi) is 8.52. The van der Waals surface area contributed by atoms with Gasteiger partial charge >= 0.3 is 0 Å². The molecule has 2 aliphatic rings. The van der Waals surface area contributed by atoms with Crippen LogP contribution in [0.15, 0.2) is 24.3 Å². The van der Waals surface area contributed by atoms with Crippen LogP contribution in [-0.4, -0.2) is 79.2 Å². The predicted octanol–water partition coefficient (Wildman–Crippen LogP) is 1.37. The summed E-state index contributed by atoms with van der Waals surface area (Å²) in [5.74, 6) is -1.11. The van der Waals surface area contributed by atoms with E-state index < -0.39 is 23.9 Å². The zero-order valence-electron chi connectivity index (χ0n) is 20.5. The number of rotatable bonds is 7. The Balaban J connectivity index is 1.71. The van der Waals surface area contributed by atoms with Crippen LogP contribution in [0.3, 0.4) is 0 Å². The lowest BCUT2D eigenvalue weighted by molar-refractivity contribution is -0.142. The highest BCUT2D eigenvalue weighted by Gasteiger charge is 2.37. The van der Waals surface area contributed by atoms with Gasteiger partial charge in [0.15, 0.2) is 0 Å². The number of piperazine rings is 1. The third kappa shape index (κ3) is 6.27. The normalized spacial score (nSPS) is 19.9. The Morgan fingerprint density at radius 3 is 2.26 bits per heavy atom. The molecule has 9 nitrogen and oxygen atoms in total. The Hall–Kier alpha value is -3.10. The first kappa shape index (κ1) is 25.5. The van der Waals surface area contributed by atoms with E-state index in [1.165, 1.54) is 18.2 Å². The van der Waals surface area contributed by atoms with Crippen LogP contribution in [0.5, 0.6) is 0 Å². The van der Waals surface area contributed by atoms with Gasteiger partial charge in [-0.1, -0.05) is 32.1 Å². The van der Waals surface area contributed by atoms with Crippen molar-refractivity contribution in [1.82, 2.24) is 15.1 Å². The van der Waals surface area contributed by atoms with Gasteiger partial charge in [-0.05, 0) is 36.6 Å². The number of primary amides is 1. The number of anilines is 1. The third-order valence-corrected chi connectivity index (χ3v) is 6.96. The second-order valence-corrected chi connectivity index (χ2v) is 9.62. The van der Waals surface area contributed by atoms with Crippen molar-refractivity contribution in [3.8, 4) is 0 Å². The maximum absolute atomic E-state index is 13.2. The fourth-order valence-corrected chi connectivity index (χ4v) is 4.92. The van der Waals surface area contributed by atoms with Crippen molar-refractivity contribution >= 4 is 29.3 Å². The summed E-state index contributed by atoms with van der Waals surface area (Å²) >= 11 is 0. The van der Waals surface area contributed by atoms with E-state index in [0.717, 1.165) is 31.4 Å². The largest absolute Gasteiger partial charge is 0.378 e. The summed E-state index contributed by atoms with van der Waals surface area (Å²) in [4.78, 5) is 55.7. The van der Waals surface area contributed by atoms with Gasteiger partial charge in [-0.3, -0.25) is 19.2 Å². The lowest BCUT2D eigenvalue weighted by Gasteiger charge is -2.40. The Labute approximate surface area is 201 Å². The van der Waals surface area contributed by atoms with Crippen LogP contribution < -0.4 is 16.0 Å². The fraction of sp³-hybridized carbons (Fsp3) is 0.600. The van der Waals surface area contributed by atoms with Crippen LogP contribution in [0, 0.1) is 5.92 Å². The maximum atomic E-state index is 13.2. The van der Waals surface area contributed by atoms with Crippen LogP contribution in [0.4, 0.5) is 5.69 Å². The van der Waals surface area contributed by atoms with Gasteiger partial charge in [-0.25, -0.2) is 0 Å². The topological polar surface area (TPSA) is 116 Å². The van der Waals surface area contributed by atoms with E-state index in [9.17, 15) is 19.2 Å². The Bertz CT molecular complexity index is 895. The van der Waals surface area contributed by atoms with Gasteiger partial charge in [0.1, 0.15) is 12.1 Å². The average molecular weight is 472 g/mol. The number of nitrogens with zero attached hydrogens (tertiary/aromatic N) is 3. The monoisotopic (exact) mass is 471 g/mol. The number of nitrogens with one attached hydrogen (secondary N) is 1. The molecule has 3 N–H and O–H groups in total. The molecule has 0 spiro atoms. The summed E-state index contributed by atoms with van der Waals surface area (Å²) in [5.41, 5.74) is 7.11. The molecular formula is C25H37N5O4. The van der Waals surface area contributed by atoms with E-state index in [1.807, 2.05) is 31.1 Å². The Morgan fingerprint density at radius 1 is 1.06 bits per heavy atom. The predicted molar refractivity (Wildman–Crippen MR) is 130 cm³/mol. The molecule has 2 fully saturated rings. The van der Waals surface area contributed by atoms with Crippen molar-refractivity contribution in [1.29, 1.82) is 0 Å². The van der Waals surface area contributed by atoms with Crippen molar-refractivity contribution in [2.75, 3.05) is 38.6 Å². The molecule has 0 unspecified atom stereocenters. The standard InChI is InChI=1S/C25H37N5O4/c1-17(31)30-14-13-29(25(34)19-9-11-20(12-10-19)28(2)3)16-22(30)24(33)27-21(23(26)32)15-18-7-5-4-6-8-18/h9-12,18,21-22H,4-8,13-16H2,1-3H3,(H2,26,32)(H,27,33)/t21-,22+/m0/s1. The zero-order valence-corrected chi connectivity index (χ0v) is 20.5. The molecule has 34 heavy (non-hydrogen) atoms. The highest BCUT2D eigenvalue weighted by atomic mass is 16.2. The van der Waals surface area contributed by atoms with Crippen molar-refractivity contribution in [2.45, 2.75) is 57.5 Å². The van der Waals surface area contributed by atoms with Gasteiger partial charge in [-0.2, -0.15) is 0 Å². The number of hydrogen-bond acceptors (Lipinski definition) is 5. The van der Waals surface area contributed by atoms with Crippen molar-refractivity contribution in [2.24, 2.45) is 11.7 Å². The molecule has 4 amide bonds. The van der Waals surface area contributed by atoms with Gasteiger partial charge < -0.3 is 25.8 Å². The first-order valence-corrected chi connectivity index (χ1v) is 12.1. The molecule has 9 heteroatoms. The Morgan fingerprint density at radius 2 is 1.71 bits per heavy atom. The SMILES string of the molecule is CC(=O)N1CCN(C(=O)c2ccc(N(C)C)cc2)C[C@@H]1C(=O)N[C@@H](CC1CCCCC1)C(N)=O. The number of benzene rings is 1. The lowest BCUT2D eigenvalue weighted by atomic mass is 9.84. The minimum absolute atomic E-state index is 0.0641. The van der Waals surface area contributed by atoms with Crippen LogP contribution in [0.25, 0.3) is 0 Å². The number of carbonyl (C=O) groups excluding carboxylic acids is 4. The van der Waals surface area contributed by atoms with E-state index >= 15 is 0 Å². The van der Waals surface area contributed by atoms with Gasteiger partial charge in [0.05, 0.1) is 6.54 Å². The average Bonchev–Trinajstić information content (AvgIpc) is 2.83. The lowest BCUT2D eigenvalue weighted by Crippen LogP contribution is -2.62. The van der Waals surface area contributed by atoms with E-state index in [1.54, 1.807) is 17.0 Å². The second kappa shape index (κ2) is 11.4. The summed E-state index contributed by atoms with van der Waals surface area (Å²) in [7, 11) is 3.85. The molecule has 0 aromatic heterocycles.